The highest BCUT2D eigenvalue weighted by Gasteiger charge is 2.34. The highest BCUT2D eigenvalue weighted by Crippen LogP contribution is 2.33. The minimum atomic E-state index is 0. The van der Waals surface area contributed by atoms with Crippen LogP contribution < -0.4 is 10.6 Å². The van der Waals surface area contributed by atoms with Crippen LogP contribution in [0.2, 0.25) is 0 Å². The van der Waals surface area contributed by atoms with Gasteiger partial charge in [-0.15, -0.1) is 12.4 Å². The topological polar surface area (TPSA) is 59.0 Å². The number of piperidine rings is 1. The van der Waals surface area contributed by atoms with Crippen molar-refractivity contribution in [1.29, 1.82) is 0 Å². The molecule has 2 atom stereocenters. The molecule has 2 unspecified atom stereocenters. The van der Waals surface area contributed by atoms with Crippen molar-refractivity contribution < 1.29 is 4.79 Å². The van der Waals surface area contributed by atoms with E-state index in [-0.39, 0.29) is 18.3 Å². The van der Waals surface area contributed by atoms with Crippen molar-refractivity contribution in [2.24, 2.45) is 13.0 Å². The Morgan fingerprint density at radius 2 is 2.05 bits per heavy atom. The Hall–Kier alpha value is -1.07. The summed E-state index contributed by atoms with van der Waals surface area (Å²) in [5, 5.41) is 11.3. The van der Waals surface area contributed by atoms with Gasteiger partial charge in [0.25, 0.3) is 0 Å². The normalized spacial score (nSPS) is 29.0. The van der Waals surface area contributed by atoms with Crippen LogP contribution in [0.3, 0.4) is 0 Å². The molecule has 2 N–H and O–H groups in total. The fourth-order valence-corrected chi connectivity index (χ4v) is 4.46. The Morgan fingerprint density at radius 1 is 1.32 bits per heavy atom. The molecule has 6 heteroatoms. The summed E-state index contributed by atoms with van der Waals surface area (Å²) in [5.74, 6) is 1.65. The molecule has 0 spiro atoms. The van der Waals surface area contributed by atoms with E-state index >= 15 is 0 Å². The number of nitrogens with one attached hydrogen (secondary N) is 2. The van der Waals surface area contributed by atoms with Crippen LogP contribution in [0.15, 0.2) is 0 Å². The molecule has 5 nitrogen and oxygen atoms in total. The number of rotatable bonds is 3. The number of halogens is 1. The molecule has 1 amide bonds. The molecule has 1 aliphatic carbocycles. The highest BCUT2D eigenvalue weighted by atomic mass is 35.5. The third-order valence-electron chi connectivity index (χ3n) is 5.37. The monoisotopic (exact) mass is 324 g/mol. The van der Waals surface area contributed by atoms with Gasteiger partial charge in [-0.2, -0.15) is 5.10 Å². The van der Waals surface area contributed by atoms with E-state index in [1.165, 1.54) is 30.5 Å². The lowest BCUT2D eigenvalue weighted by Gasteiger charge is -2.28. The van der Waals surface area contributed by atoms with Gasteiger partial charge in [0.1, 0.15) is 5.82 Å². The molecule has 2 saturated heterocycles. The molecule has 1 aromatic heterocycles. The van der Waals surface area contributed by atoms with Gasteiger partial charge in [0.05, 0.1) is 5.69 Å². The lowest BCUT2D eigenvalue weighted by Crippen LogP contribution is -2.39. The van der Waals surface area contributed by atoms with Crippen molar-refractivity contribution in [1.82, 2.24) is 15.1 Å². The molecular weight excluding hydrogens is 300 g/mol. The molecule has 2 fully saturated rings. The smallest absolute Gasteiger partial charge is 0.225 e. The fourth-order valence-electron chi connectivity index (χ4n) is 4.46. The number of fused-ring (bicyclic) bond motifs is 3. The first kappa shape index (κ1) is 15.8. The zero-order valence-electron chi connectivity index (χ0n) is 13.1. The first-order valence-corrected chi connectivity index (χ1v) is 8.29. The summed E-state index contributed by atoms with van der Waals surface area (Å²) in [7, 11) is 1.93. The Bertz CT molecular complexity index is 559. The van der Waals surface area contributed by atoms with Gasteiger partial charge in [-0.1, -0.05) is 0 Å². The average molecular weight is 325 g/mol. The van der Waals surface area contributed by atoms with Gasteiger partial charge < -0.3 is 10.6 Å². The standard InChI is InChI=1S/C16H24N4O.ClH/c1-20-16(13-3-2-4-14(13)19-20)18-15(21)9-10-7-11-5-6-12(8-10)17-11;/h10-12,17H,2-9H2,1H3,(H,18,21);1H. The van der Waals surface area contributed by atoms with E-state index < -0.39 is 0 Å². The number of carbonyl (C=O) groups is 1. The summed E-state index contributed by atoms with van der Waals surface area (Å²) in [6.45, 7) is 0. The van der Waals surface area contributed by atoms with Gasteiger partial charge in [0, 0.05) is 31.1 Å². The minimum Gasteiger partial charge on any atom is -0.311 e. The van der Waals surface area contributed by atoms with Gasteiger partial charge in [0.2, 0.25) is 5.91 Å². The predicted molar refractivity (Wildman–Crippen MR) is 88.4 cm³/mol. The second kappa shape index (κ2) is 6.20. The molecule has 0 saturated carbocycles. The maximum Gasteiger partial charge on any atom is 0.225 e. The molecule has 1 aromatic rings. The first-order valence-electron chi connectivity index (χ1n) is 8.29. The zero-order valence-corrected chi connectivity index (χ0v) is 13.9. The number of hydrogen-bond donors (Lipinski definition) is 2. The van der Waals surface area contributed by atoms with Crippen LogP contribution in [0, 0.1) is 5.92 Å². The maximum absolute atomic E-state index is 12.4. The van der Waals surface area contributed by atoms with E-state index in [4.69, 9.17) is 0 Å². The van der Waals surface area contributed by atoms with Crippen LogP contribution in [0.5, 0.6) is 0 Å². The molecule has 3 heterocycles. The maximum atomic E-state index is 12.4. The van der Waals surface area contributed by atoms with E-state index in [9.17, 15) is 4.79 Å². The van der Waals surface area contributed by atoms with Crippen molar-refractivity contribution in [3.8, 4) is 0 Å². The summed E-state index contributed by atoms with van der Waals surface area (Å²) in [4.78, 5) is 12.4. The Morgan fingerprint density at radius 3 is 2.77 bits per heavy atom. The number of anilines is 1. The van der Waals surface area contributed by atoms with Crippen LogP contribution in [0.4, 0.5) is 5.82 Å². The number of aryl methyl sites for hydroxylation is 2. The third-order valence-corrected chi connectivity index (χ3v) is 5.37. The van der Waals surface area contributed by atoms with Gasteiger partial charge in [0.15, 0.2) is 0 Å². The van der Waals surface area contributed by atoms with Crippen molar-refractivity contribution >= 4 is 24.1 Å². The van der Waals surface area contributed by atoms with Crippen LogP contribution in [0.25, 0.3) is 0 Å². The summed E-state index contributed by atoms with van der Waals surface area (Å²) in [6.07, 6.45) is 8.83. The van der Waals surface area contributed by atoms with E-state index in [0.29, 0.717) is 24.4 Å². The van der Waals surface area contributed by atoms with Crippen LogP contribution in [0.1, 0.15) is 49.8 Å². The number of hydrogen-bond acceptors (Lipinski definition) is 3. The molecule has 22 heavy (non-hydrogen) atoms. The molecular formula is C16H25ClN4O. The second-order valence-electron chi connectivity index (χ2n) is 6.98. The predicted octanol–water partition coefficient (Wildman–Crippen LogP) is 2.19. The van der Waals surface area contributed by atoms with Crippen LogP contribution >= 0.6 is 12.4 Å². The van der Waals surface area contributed by atoms with Gasteiger partial charge in [-0.05, 0) is 50.9 Å². The molecule has 2 bridgehead atoms. The lowest BCUT2D eigenvalue weighted by molar-refractivity contribution is -0.117. The molecule has 122 valence electrons. The van der Waals surface area contributed by atoms with E-state index in [2.05, 4.69) is 15.7 Å². The van der Waals surface area contributed by atoms with Gasteiger partial charge in [-0.3, -0.25) is 9.48 Å². The van der Waals surface area contributed by atoms with Crippen molar-refractivity contribution in [3.63, 3.8) is 0 Å². The molecule has 2 aliphatic heterocycles. The molecule has 3 aliphatic rings. The minimum absolute atomic E-state index is 0. The number of carbonyl (C=O) groups excluding carboxylic acids is 1. The summed E-state index contributed by atoms with van der Waals surface area (Å²) < 4.78 is 1.84. The fraction of sp³-hybridized carbons (Fsp3) is 0.750. The zero-order chi connectivity index (χ0) is 14.4. The van der Waals surface area contributed by atoms with E-state index in [0.717, 1.165) is 31.5 Å². The third kappa shape index (κ3) is 2.88. The van der Waals surface area contributed by atoms with Crippen molar-refractivity contribution in [3.05, 3.63) is 11.3 Å². The summed E-state index contributed by atoms with van der Waals surface area (Å²) >= 11 is 0. The Balaban J connectivity index is 0.00000144. The SMILES string of the molecule is Cl.Cn1nc2c(c1NC(=O)CC1CC3CCC(C1)N3)CCC2. The quantitative estimate of drug-likeness (QED) is 0.896. The molecule has 0 aromatic carbocycles. The first-order chi connectivity index (χ1) is 10.2. The Kier molecular flexibility index (Phi) is 4.46. The van der Waals surface area contributed by atoms with E-state index in [1.54, 1.807) is 0 Å². The Labute approximate surface area is 137 Å². The summed E-state index contributed by atoms with van der Waals surface area (Å²) in [6, 6.07) is 1.31. The van der Waals surface area contributed by atoms with Gasteiger partial charge >= 0.3 is 0 Å². The van der Waals surface area contributed by atoms with E-state index in [1.807, 2.05) is 11.7 Å². The van der Waals surface area contributed by atoms with Crippen molar-refractivity contribution in [2.75, 3.05) is 5.32 Å². The largest absolute Gasteiger partial charge is 0.311 e. The summed E-state index contributed by atoms with van der Waals surface area (Å²) in [5.41, 5.74) is 2.43. The van der Waals surface area contributed by atoms with Crippen LogP contribution in [-0.4, -0.2) is 27.8 Å². The number of nitrogens with zero attached hydrogens (tertiary/aromatic N) is 2. The van der Waals surface area contributed by atoms with Gasteiger partial charge in [-0.25, -0.2) is 0 Å². The lowest BCUT2D eigenvalue weighted by atomic mass is 9.89. The molecule has 0 radical (unpaired) electrons. The highest BCUT2D eigenvalue weighted by molar-refractivity contribution is 5.91. The van der Waals surface area contributed by atoms with Crippen LogP contribution in [-0.2, 0) is 24.7 Å². The van der Waals surface area contributed by atoms with Crippen molar-refractivity contribution in [2.45, 2.75) is 63.5 Å². The number of aromatic nitrogens is 2. The average Bonchev–Trinajstić information content (AvgIpc) is 3.09. The number of amides is 1. The molecule has 4 rings (SSSR count). The second-order valence-corrected chi connectivity index (χ2v) is 6.98.